The smallest absolute Gasteiger partial charge is 0.357 e. The van der Waals surface area contributed by atoms with E-state index in [2.05, 4.69) is 34.4 Å². The van der Waals surface area contributed by atoms with Gasteiger partial charge in [0, 0.05) is 49.0 Å². The molecule has 3 aromatic rings. The monoisotopic (exact) mass is 518 g/mol. The van der Waals surface area contributed by atoms with Crippen LogP contribution in [-0.4, -0.2) is 49.6 Å². The second-order valence-electron chi connectivity index (χ2n) is 9.70. The Balaban J connectivity index is 1.82. The predicted octanol–water partition coefficient (Wildman–Crippen LogP) is 6.45. The zero-order valence-corrected chi connectivity index (χ0v) is 22.4. The maximum atomic E-state index is 14.0. The molecule has 200 valence electrons. The van der Waals surface area contributed by atoms with Gasteiger partial charge in [-0.25, -0.2) is 14.2 Å². The standard InChI is InChI=1S/C30H35FN4O3/c1-5-38-30(36)26-18-25(20-9-11-23(12-10-20)35(4)24-13-15-37-16-14-24)27(28(32)19(2)3)29(34-26)33-22-8-6-7-21(31)17-22/h6-12,17-19,24,32H,5,13-16H2,1-4H3,(H,33,34). The summed E-state index contributed by atoms with van der Waals surface area (Å²) in [5.74, 6) is -0.773. The van der Waals surface area contributed by atoms with Crippen LogP contribution in [0.4, 0.5) is 21.6 Å². The number of benzene rings is 2. The van der Waals surface area contributed by atoms with Crippen molar-refractivity contribution in [3.05, 3.63) is 71.7 Å². The summed E-state index contributed by atoms with van der Waals surface area (Å²) in [5.41, 5.74) is 4.10. The lowest BCUT2D eigenvalue weighted by atomic mass is 9.91. The minimum atomic E-state index is -0.561. The lowest BCUT2D eigenvalue weighted by molar-refractivity contribution is 0.0519. The predicted molar refractivity (Wildman–Crippen MR) is 149 cm³/mol. The lowest BCUT2D eigenvalue weighted by Gasteiger charge is -2.33. The van der Waals surface area contributed by atoms with Gasteiger partial charge >= 0.3 is 5.97 Å². The first-order valence-corrected chi connectivity index (χ1v) is 13.0. The number of carbonyl (C=O) groups is 1. The van der Waals surface area contributed by atoms with E-state index in [9.17, 15) is 9.18 Å². The molecule has 2 aromatic carbocycles. The van der Waals surface area contributed by atoms with Gasteiger partial charge in [0.1, 0.15) is 11.6 Å². The van der Waals surface area contributed by atoms with Crippen LogP contribution >= 0.6 is 0 Å². The fourth-order valence-electron chi connectivity index (χ4n) is 4.60. The number of nitrogens with one attached hydrogen (secondary N) is 2. The van der Waals surface area contributed by atoms with Gasteiger partial charge in [-0.05, 0) is 73.2 Å². The Morgan fingerprint density at radius 2 is 1.89 bits per heavy atom. The fraction of sp³-hybridized carbons (Fsp3) is 0.367. The maximum Gasteiger partial charge on any atom is 0.357 e. The molecule has 1 saturated heterocycles. The summed E-state index contributed by atoms with van der Waals surface area (Å²) in [6, 6.07) is 16.2. The summed E-state index contributed by atoms with van der Waals surface area (Å²) >= 11 is 0. The van der Waals surface area contributed by atoms with Crippen LogP contribution in [-0.2, 0) is 9.47 Å². The summed E-state index contributed by atoms with van der Waals surface area (Å²) in [5, 5.41) is 12.1. The molecule has 2 N–H and O–H groups in total. The largest absolute Gasteiger partial charge is 0.461 e. The van der Waals surface area contributed by atoms with Crippen molar-refractivity contribution in [2.75, 3.05) is 37.1 Å². The number of pyridine rings is 1. The molecule has 1 aliphatic heterocycles. The summed E-state index contributed by atoms with van der Waals surface area (Å²) < 4.78 is 24.7. The van der Waals surface area contributed by atoms with E-state index in [1.165, 1.54) is 12.1 Å². The van der Waals surface area contributed by atoms with Crippen molar-refractivity contribution in [2.24, 2.45) is 5.92 Å². The molecule has 1 fully saturated rings. The Morgan fingerprint density at radius 1 is 1.18 bits per heavy atom. The van der Waals surface area contributed by atoms with Crippen LogP contribution in [0.1, 0.15) is 49.7 Å². The number of aromatic nitrogens is 1. The number of hydrogen-bond acceptors (Lipinski definition) is 7. The third-order valence-corrected chi connectivity index (χ3v) is 6.76. The van der Waals surface area contributed by atoms with Crippen molar-refractivity contribution in [1.29, 1.82) is 5.41 Å². The molecular weight excluding hydrogens is 483 g/mol. The molecule has 0 saturated carbocycles. The quantitative estimate of drug-likeness (QED) is 0.250. The molecule has 4 rings (SSSR count). The molecule has 0 bridgehead atoms. The van der Waals surface area contributed by atoms with E-state index in [-0.39, 0.29) is 18.2 Å². The first-order chi connectivity index (χ1) is 18.3. The molecule has 1 aromatic heterocycles. The van der Waals surface area contributed by atoms with E-state index in [1.807, 2.05) is 26.0 Å². The van der Waals surface area contributed by atoms with Gasteiger partial charge in [-0.15, -0.1) is 0 Å². The first-order valence-electron chi connectivity index (χ1n) is 13.0. The molecular formula is C30H35FN4O3. The van der Waals surface area contributed by atoms with Gasteiger partial charge in [-0.2, -0.15) is 0 Å². The molecule has 0 atom stereocenters. The molecule has 1 aliphatic rings. The second kappa shape index (κ2) is 12.2. The number of ether oxygens (including phenoxy) is 2. The van der Waals surface area contributed by atoms with Crippen molar-refractivity contribution >= 4 is 28.9 Å². The van der Waals surface area contributed by atoms with Crippen molar-refractivity contribution in [1.82, 2.24) is 4.98 Å². The van der Waals surface area contributed by atoms with Crippen LogP contribution in [0, 0.1) is 17.1 Å². The minimum absolute atomic E-state index is 0.115. The highest BCUT2D eigenvalue weighted by Crippen LogP contribution is 2.34. The molecule has 0 unspecified atom stereocenters. The summed E-state index contributed by atoms with van der Waals surface area (Å²) in [7, 11) is 2.09. The molecule has 0 aliphatic carbocycles. The Hall–Kier alpha value is -3.78. The van der Waals surface area contributed by atoms with Gasteiger partial charge in [-0.3, -0.25) is 0 Å². The Labute approximate surface area is 223 Å². The van der Waals surface area contributed by atoms with Crippen LogP contribution in [0.3, 0.4) is 0 Å². The molecule has 0 spiro atoms. The third kappa shape index (κ3) is 6.19. The van der Waals surface area contributed by atoms with Gasteiger partial charge in [-0.1, -0.05) is 32.0 Å². The average molecular weight is 519 g/mol. The van der Waals surface area contributed by atoms with Gasteiger partial charge in [0.15, 0.2) is 5.69 Å². The average Bonchev–Trinajstić information content (AvgIpc) is 2.92. The van der Waals surface area contributed by atoms with E-state index in [0.717, 1.165) is 37.3 Å². The summed E-state index contributed by atoms with van der Waals surface area (Å²) in [6.07, 6.45) is 1.96. The van der Waals surface area contributed by atoms with Crippen molar-refractivity contribution in [3.63, 3.8) is 0 Å². The normalized spacial score (nSPS) is 13.8. The number of halogens is 1. The molecule has 2 heterocycles. The Morgan fingerprint density at radius 3 is 2.53 bits per heavy atom. The first kappa shape index (κ1) is 27.3. The molecule has 0 amide bonds. The van der Waals surface area contributed by atoms with E-state index in [4.69, 9.17) is 14.9 Å². The number of esters is 1. The van der Waals surface area contributed by atoms with Crippen LogP contribution in [0.5, 0.6) is 0 Å². The van der Waals surface area contributed by atoms with Crippen LogP contribution in [0.2, 0.25) is 0 Å². The van der Waals surface area contributed by atoms with Crippen molar-refractivity contribution in [2.45, 2.75) is 39.7 Å². The summed E-state index contributed by atoms with van der Waals surface area (Å²) in [4.78, 5) is 19.6. The third-order valence-electron chi connectivity index (χ3n) is 6.76. The van der Waals surface area contributed by atoms with E-state index >= 15 is 0 Å². The molecule has 38 heavy (non-hydrogen) atoms. The molecule has 7 nitrogen and oxygen atoms in total. The highest BCUT2D eigenvalue weighted by atomic mass is 19.1. The number of anilines is 3. The number of hydrogen-bond donors (Lipinski definition) is 2. The zero-order chi connectivity index (χ0) is 27.2. The topological polar surface area (TPSA) is 87.5 Å². The maximum absolute atomic E-state index is 14.0. The summed E-state index contributed by atoms with van der Waals surface area (Å²) in [6.45, 7) is 7.35. The number of carbonyl (C=O) groups excluding carboxylic acids is 1. The van der Waals surface area contributed by atoms with Crippen molar-refractivity contribution < 1.29 is 18.7 Å². The Kier molecular flexibility index (Phi) is 8.73. The van der Waals surface area contributed by atoms with E-state index in [0.29, 0.717) is 34.4 Å². The van der Waals surface area contributed by atoms with Gasteiger partial charge in [0.05, 0.1) is 6.61 Å². The van der Waals surface area contributed by atoms with Crippen LogP contribution in [0.25, 0.3) is 11.1 Å². The SMILES string of the molecule is CCOC(=O)c1cc(-c2ccc(N(C)C3CCOCC3)cc2)c(C(=N)C(C)C)c(Nc2cccc(F)c2)n1. The minimum Gasteiger partial charge on any atom is -0.461 e. The zero-order valence-electron chi connectivity index (χ0n) is 22.4. The lowest BCUT2D eigenvalue weighted by Crippen LogP contribution is -2.36. The molecule has 0 radical (unpaired) electrons. The van der Waals surface area contributed by atoms with Crippen LogP contribution < -0.4 is 10.2 Å². The van der Waals surface area contributed by atoms with Crippen LogP contribution in [0.15, 0.2) is 54.6 Å². The highest BCUT2D eigenvalue weighted by molar-refractivity contribution is 6.10. The van der Waals surface area contributed by atoms with Gasteiger partial charge in [0.25, 0.3) is 0 Å². The fourth-order valence-corrected chi connectivity index (χ4v) is 4.60. The number of nitrogens with zero attached hydrogens (tertiary/aromatic N) is 2. The molecule has 8 heteroatoms. The Bertz CT molecular complexity index is 1290. The second-order valence-corrected chi connectivity index (χ2v) is 9.70. The van der Waals surface area contributed by atoms with Gasteiger partial charge in [0.2, 0.25) is 0 Å². The van der Waals surface area contributed by atoms with E-state index < -0.39 is 11.8 Å². The van der Waals surface area contributed by atoms with Crippen molar-refractivity contribution in [3.8, 4) is 11.1 Å². The van der Waals surface area contributed by atoms with Gasteiger partial charge < -0.3 is 25.1 Å². The number of rotatable bonds is 9. The van der Waals surface area contributed by atoms with E-state index in [1.54, 1.807) is 25.1 Å². The highest BCUT2D eigenvalue weighted by Gasteiger charge is 2.24.